The Morgan fingerprint density at radius 3 is 3.05 bits per heavy atom. The lowest BCUT2D eigenvalue weighted by molar-refractivity contribution is 0.164. The smallest absolute Gasteiger partial charge is 0.137 e. The van der Waals surface area contributed by atoms with Gasteiger partial charge in [0.15, 0.2) is 0 Å². The van der Waals surface area contributed by atoms with E-state index in [4.69, 9.17) is 0 Å². The molecule has 2 heterocycles. The molecule has 1 saturated heterocycles. The Kier molecular flexibility index (Phi) is 4.34. The first-order valence-corrected chi connectivity index (χ1v) is 7.97. The molecule has 1 atom stereocenters. The third-order valence-electron chi connectivity index (χ3n) is 4.45. The van der Waals surface area contributed by atoms with Crippen LogP contribution in [0.3, 0.4) is 0 Å². The number of anilines is 1. The molecule has 1 aromatic heterocycles. The lowest BCUT2D eigenvalue weighted by Gasteiger charge is -2.35. The van der Waals surface area contributed by atoms with Gasteiger partial charge in [-0.3, -0.25) is 4.90 Å². The third-order valence-corrected chi connectivity index (χ3v) is 4.45. The second-order valence-corrected chi connectivity index (χ2v) is 5.90. The number of hydrogen-bond donors (Lipinski definition) is 1. The summed E-state index contributed by atoms with van der Waals surface area (Å²) in [6.07, 6.45) is 5.60. The van der Waals surface area contributed by atoms with Gasteiger partial charge in [-0.1, -0.05) is 25.0 Å². The van der Waals surface area contributed by atoms with Crippen LogP contribution in [-0.4, -0.2) is 40.5 Å². The monoisotopic (exact) mass is 284 g/mol. The minimum absolute atomic E-state index is 0.624. The molecule has 2 aromatic rings. The number of nitrogens with one attached hydrogen (secondary N) is 1. The number of likely N-dealkylation sites (tertiary alicyclic amines) is 1. The van der Waals surface area contributed by atoms with Crippen LogP contribution in [0.1, 0.15) is 31.7 Å². The van der Waals surface area contributed by atoms with E-state index in [0.717, 1.165) is 29.8 Å². The highest BCUT2D eigenvalue weighted by molar-refractivity contribution is 5.89. The van der Waals surface area contributed by atoms with Crippen molar-refractivity contribution in [3.8, 4) is 0 Å². The van der Waals surface area contributed by atoms with E-state index >= 15 is 0 Å². The SMILES string of the molecule is CCN1CCCCC1CNc1ncnc2ccc(C)cc12. The average molecular weight is 284 g/mol. The van der Waals surface area contributed by atoms with Crippen LogP contribution < -0.4 is 5.32 Å². The molecule has 0 saturated carbocycles. The first-order valence-electron chi connectivity index (χ1n) is 7.97. The maximum Gasteiger partial charge on any atom is 0.137 e. The molecule has 1 fully saturated rings. The van der Waals surface area contributed by atoms with Gasteiger partial charge in [-0.25, -0.2) is 9.97 Å². The quantitative estimate of drug-likeness (QED) is 0.936. The van der Waals surface area contributed by atoms with Crippen molar-refractivity contribution in [3.05, 3.63) is 30.1 Å². The van der Waals surface area contributed by atoms with E-state index in [9.17, 15) is 0 Å². The standard InChI is InChI=1S/C17H24N4/c1-3-21-9-5-4-6-14(21)11-18-17-15-10-13(2)7-8-16(15)19-12-20-17/h7-8,10,12,14H,3-6,9,11H2,1-2H3,(H,18,19,20). The Morgan fingerprint density at radius 2 is 2.19 bits per heavy atom. The summed E-state index contributed by atoms with van der Waals surface area (Å²) in [5.74, 6) is 0.963. The molecule has 21 heavy (non-hydrogen) atoms. The van der Waals surface area contributed by atoms with Crippen LogP contribution in [0, 0.1) is 6.92 Å². The number of piperidine rings is 1. The van der Waals surface area contributed by atoms with Crippen LogP contribution in [0.2, 0.25) is 0 Å². The number of likely N-dealkylation sites (N-methyl/N-ethyl adjacent to an activating group) is 1. The summed E-state index contributed by atoms with van der Waals surface area (Å²) in [7, 11) is 0. The largest absolute Gasteiger partial charge is 0.368 e. The maximum atomic E-state index is 4.44. The predicted octanol–water partition coefficient (Wildman–Crippen LogP) is 3.22. The number of aryl methyl sites for hydroxylation is 1. The van der Waals surface area contributed by atoms with E-state index in [2.05, 4.69) is 52.2 Å². The highest BCUT2D eigenvalue weighted by Crippen LogP contribution is 2.22. The number of hydrogen-bond acceptors (Lipinski definition) is 4. The number of aromatic nitrogens is 2. The molecule has 0 bridgehead atoms. The van der Waals surface area contributed by atoms with Crippen molar-refractivity contribution in [2.45, 2.75) is 39.2 Å². The highest BCUT2D eigenvalue weighted by Gasteiger charge is 2.20. The fourth-order valence-electron chi connectivity index (χ4n) is 3.23. The van der Waals surface area contributed by atoms with Crippen LogP contribution in [0.5, 0.6) is 0 Å². The maximum absolute atomic E-state index is 4.44. The second-order valence-electron chi connectivity index (χ2n) is 5.90. The normalized spacial score (nSPS) is 19.8. The topological polar surface area (TPSA) is 41.0 Å². The van der Waals surface area contributed by atoms with E-state index in [1.807, 2.05) is 0 Å². The fourth-order valence-corrected chi connectivity index (χ4v) is 3.23. The molecule has 0 amide bonds. The highest BCUT2D eigenvalue weighted by atomic mass is 15.2. The number of benzene rings is 1. The van der Waals surface area contributed by atoms with Crippen LogP contribution in [0.4, 0.5) is 5.82 Å². The van der Waals surface area contributed by atoms with Crippen LogP contribution in [-0.2, 0) is 0 Å². The summed E-state index contributed by atoms with van der Waals surface area (Å²) in [6, 6.07) is 6.95. The molecule has 1 aliphatic heterocycles. The number of nitrogens with zero attached hydrogens (tertiary/aromatic N) is 3. The predicted molar refractivity (Wildman–Crippen MR) is 87.7 cm³/mol. The summed E-state index contributed by atoms with van der Waals surface area (Å²) in [5, 5.41) is 4.68. The van der Waals surface area contributed by atoms with E-state index in [1.165, 1.54) is 31.4 Å². The van der Waals surface area contributed by atoms with Gasteiger partial charge >= 0.3 is 0 Å². The van der Waals surface area contributed by atoms with Gasteiger partial charge in [0.1, 0.15) is 12.1 Å². The van der Waals surface area contributed by atoms with Gasteiger partial charge in [0, 0.05) is 18.0 Å². The number of fused-ring (bicyclic) bond motifs is 1. The Morgan fingerprint density at radius 1 is 1.29 bits per heavy atom. The molecule has 0 radical (unpaired) electrons. The van der Waals surface area contributed by atoms with Crippen LogP contribution in [0.15, 0.2) is 24.5 Å². The molecule has 0 spiro atoms. The van der Waals surface area contributed by atoms with Gasteiger partial charge in [-0.15, -0.1) is 0 Å². The van der Waals surface area contributed by atoms with Crippen molar-refractivity contribution in [1.82, 2.24) is 14.9 Å². The van der Waals surface area contributed by atoms with E-state index in [0.29, 0.717) is 6.04 Å². The van der Waals surface area contributed by atoms with Gasteiger partial charge in [0.2, 0.25) is 0 Å². The Bertz CT molecular complexity index is 611. The molecule has 112 valence electrons. The van der Waals surface area contributed by atoms with Crippen molar-refractivity contribution in [1.29, 1.82) is 0 Å². The molecule has 1 N–H and O–H groups in total. The van der Waals surface area contributed by atoms with Crippen molar-refractivity contribution in [2.24, 2.45) is 0 Å². The van der Waals surface area contributed by atoms with E-state index in [1.54, 1.807) is 6.33 Å². The Balaban J connectivity index is 1.77. The van der Waals surface area contributed by atoms with E-state index in [-0.39, 0.29) is 0 Å². The molecule has 0 aliphatic carbocycles. The molecule has 3 rings (SSSR count). The zero-order chi connectivity index (χ0) is 14.7. The number of rotatable bonds is 4. The minimum Gasteiger partial charge on any atom is -0.368 e. The molecule has 4 heteroatoms. The minimum atomic E-state index is 0.624. The third kappa shape index (κ3) is 3.16. The van der Waals surface area contributed by atoms with Gasteiger partial charge in [-0.2, -0.15) is 0 Å². The Labute approximate surface area is 126 Å². The molecule has 1 unspecified atom stereocenters. The first kappa shape index (κ1) is 14.3. The lowest BCUT2D eigenvalue weighted by Crippen LogP contribution is -2.43. The summed E-state index contributed by atoms with van der Waals surface area (Å²) in [6.45, 7) is 7.69. The molecular weight excluding hydrogens is 260 g/mol. The van der Waals surface area contributed by atoms with Gasteiger partial charge < -0.3 is 5.32 Å². The summed E-state index contributed by atoms with van der Waals surface area (Å²) >= 11 is 0. The van der Waals surface area contributed by atoms with Crippen LogP contribution >= 0.6 is 0 Å². The second kappa shape index (κ2) is 6.39. The van der Waals surface area contributed by atoms with Gasteiger partial charge in [0.25, 0.3) is 0 Å². The van der Waals surface area contributed by atoms with Gasteiger partial charge in [-0.05, 0) is 45.0 Å². The van der Waals surface area contributed by atoms with Crippen molar-refractivity contribution >= 4 is 16.7 Å². The fraction of sp³-hybridized carbons (Fsp3) is 0.529. The Hall–Kier alpha value is -1.68. The van der Waals surface area contributed by atoms with Crippen molar-refractivity contribution in [3.63, 3.8) is 0 Å². The van der Waals surface area contributed by atoms with Gasteiger partial charge in [0.05, 0.1) is 5.52 Å². The molecule has 1 aromatic carbocycles. The van der Waals surface area contributed by atoms with Crippen LogP contribution in [0.25, 0.3) is 10.9 Å². The van der Waals surface area contributed by atoms with E-state index < -0.39 is 0 Å². The molecule has 1 aliphatic rings. The average Bonchev–Trinajstić information content (AvgIpc) is 2.53. The lowest BCUT2D eigenvalue weighted by atomic mass is 10.0. The molecular formula is C17H24N4. The summed E-state index contributed by atoms with van der Waals surface area (Å²) < 4.78 is 0. The molecule has 4 nitrogen and oxygen atoms in total. The summed E-state index contributed by atoms with van der Waals surface area (Å²) in [4.78, 5) is 11.4. The zero-order valence-corrected chi connectivity index (χ0v) is 13.0. The van der Waals surface area contributed by atoms with Crippen molar-refractivity contribution < 1.29 is 0 Å². The van der Waals surface area contributed by atoms with Crippen molar-refractivity contribution in [2.75, 3.05) is 25.0 Å². The summed E-state index contributed by atoms with van der Waals surface area (Å²) in [5.41, 5.74) is 2.25. The first-order chi connectivity index (χ1) is 10.3. The zero-order valence-electron chi connectivity index (χ0n) is 13.0.